The molecule has 2 aliphatic heterocycles. The van der Waals surface area contributed by atoms with Gasteiger partial charge in [-0.2, -0.15) is 0 Å². The van der Waals surface area contributed by atoms with Crippen molar-refractivity contribution < 1.29 is 24.3 Å². The zero-order chi connectivity index (χ0) is 20.1. The highest BCUT2D eigenvalue weighted by Crippen LogP contribution is 2.24. The number of nitrogens with two attached hydrogens (primary N) is 1. The molecule has 1 amide bonds. The van der Waals surface area contributed by atoms with E-state index in [2.05, 4.69) is 10.1 Å². The molecule has 9 nitrogen and oxygen atoms in total. The van der Waals surface area contributed by atoms with Gasteiger partial charge < -0.3 is 20.4 Å². The summed E-state index contributed by atoms with van der Waals surface area (Å²) in [5, 5.41) is 11.7. The molecule has 28 heavy (non-hydrogen) atoms. The van der Waals surface area contributed by atoms with E-state index in [-0.39, 0.29) is 29.9 Å². The van der Waals surface area contributed by atoms with Crippen LogP contribution in [0, 0.1) is 5.92 Å². The number of carbonyl (C=O) groups excluding carboxylic acids is 2. The zero-order valence-electron chi connectivity index (χ0n) is 15.9. The van der Waals surface area contributed by atoms with Crippen molar-refractivity contribution in [3.8, 4) is 0 Å². The van der Waals surface area contributed by atoms with Gasteiger partial charge in [0.15, 0.2) is 5.84 Å². The van der Waals surface area contributed by atoms with Crippen LogP contribution in [-0.2, 0) is 14.3 Å². The summed E-state index contributed by atoms with van der Waals surface area (Å²) in [5.41, 5.74) is 6.82. The Morgan fingerprint density at radius 1 is 1.32 bits per heavy atom. The fourth-order valence-electron chi connectivity index (χ4n) is 3.60. The number of oxime groups is 1. The van der Waals surface area contributed by atoms with Crippen molar-refractivity contribution in [2.75, 3.05) is 37.7 Å². The largest absolute Gasteiger partial charge is 0.466 e. The molecule has 2 aliphatic rings. The van der Waals surface area contributed by atoms with Gasteiger partial charge in [-0.05, 0) is 57.1 Å². The number of hydrogen-bond acceptors (Lipinski definition) is 7. The van der Waals surface area contributed by atoms with Gasteiger partial charge in [0, 0.05) is 17.8 Å². The van der Waals surface area contributed by atoms with E-state index in [1.165, 1.54) is 0 Å². The molecule has 3 N–H and O–H groups in total. The lowest BCUT2D eigenvalue weighted by molar-refractivity contribution is -0.149. The normalized spacial score (nSPS) is 21.6. The summed E-state index contributed by atoms with van der Waals surface area (Å²) in [4.78, 5) is 27.9. The van der Waals surface area contributed by atoms with Crippen LogP contribution in [0.25, 0.3) is 0 Å². The standard InChI is InChI=1S/C19H26N4O5/c1-2-27-18(24)14-7-9-22(10-8-14)11-16-12-23(19(25)28-16)15-5-3-13(4-6-15)17(20)21-26/h3-6,14,16,26H,2,7-12H2,1H3,(H2,20,21). The highest BCUT2D eigenvalue weighted by atomic mass is 16.6. The number of piperidine rings is 1. The summed E-state index contributed by atoms with van der Waals surface area (Å²) >= 11 is 0. The number of ether oxygens (including phenoxy) is 2. The molecule has 1 aromatic rings. The smallest absolute Gasteiger partial charge is 0.414 e. The summed E-state index contributed by atoms with van der Waals surface area (Å²) < 4.78 is 10.6. The number of rotatable bonds is 6. The van der Waals surface area contributed by atoms with Gasteiger partial charge in [0.2, 0.25) is 0 Å². The molecular weight excluding hydrogens is 364 g/mol. The topological polar surface area (TPSA) is 118 Å². The molecule has 0 spiro atoms. The maximum absolute atomic E-state index is 12.3. The van der Waals surface area contributed by atoms with E-state index in [1.807, 2.05) is 6.92 Å². The average Bonchev–Trinajstić information content (AvgIpc) is 3.08. The van der Waals surface area contributed by atoms with Crippen LogP contribution in [-0.4, -0.2) is 66.9 Å². The Morgan fingerprint density at radius 3 is 2.61 bits per heavy atom. The van der Waals surface area contributed by atoms with E-state index in [9.17, 15) is 9.59 Å². The molecule has 1 atom stereocenters. The van der Waals surface area contributed by atoms with Crippen molar-refractivity contribution in [2.24, 2.45) is 16.8 Å². The maximum Gasteiger partial charge on any atom is 0.414 e. The quantitative estimate of drug-likeness (QED) is 0.248. The first-order chi connectivity index (χ1) is 13.5. The Balaban J connectivity index is 1.52. The first-order valence-corrected chi connectivity index (χ1v) is 9.47. The van der Waals surface area contributed by atoms with Crippen molar-refractivity contribution in [1.82, 2.24) is 4.90 Å². The fourth-order valence-corrected chi connectivity index (χ4v) is 3.60. The first kappa shape index (κ1) is 19.9. The molecule has 2 heterocycles. The van der Waals surface area contributed by atoms with Gasteiger partial charge in [0.1, 0.15) is 6.10 Å². The summed E-state index contributed by atoms with van der Waals surface area (Å²) in [7, 11) is 0. The van der Waals surface area contributed by atoms with Crippen LogP contribution in [0.4, 0.5) is 10.5 Å². The van der Waals surface area contributed by atoms with E-state index in [0.717, 1.165) is 25.9 Å². The van der Waals surface area contributed by atoms with Crippen molar-refractivity contribution in [2.45, 2.75) is 25.9 Å². The SMILES string of the molecule is CCOC(=O)C1CCN(CC2CN(c3ccc(/C(N)=N/O)cc3)C(=O)O2)CC1. The van der Waals surface area contributed by atoms with Crippen molar-refractivity contribution in [1.29, 1.82) is 0 Å². The lowest BCUT2D eigenvalue weighted by Gasteiger charge is -2.31. The Bertz CT molecular complexity index is 728. The molecule has 0 saturated carbocycles. The summed E-state index contributed by atoms with van der Waals surface area (Å²) in [6, 6.07) is 6.85. The van der Waals surface area contributed by atoms with Crippen LogP contribution in [0.5, 0.6) is 0 Å². The lowest BCUT2D eigenvalue weighted by atomic mass is 9.97. The van der Waals surface area contributed by atoms with E-state index >= 15 is 0 Å². The maximum atomic E-state index is 12.3. The van der Waals surface area contributed by atoms with E-state index in [4.69, 9.17) is 20.4 Å². The molecule has 1 unspecified atom stereocenters. The van der Waals surface area contributed by atoms with Crippen LogP contribution in [0.15, 0.2) is 29.4 Å². The molecule has 0 aromatic heterocycles. The minimum atomic E-state index is -0.386. The minimum absolute atomic E-state index is 0.0136. The zero-order valence-corrected chi connectivity index (χ0v) is 15.9. The molecule has 0 aliphatic carbocycles. The molecule has 9 heteroatoms. The third-order valence-electron chi connectivity index (χ3n) is 5.13. The first-order valence-electron chi connectivity index (χ1n) is 9.47. The van der Waals surface area contributed by atoms with E-state index < -0.39 is 0 Å². The number of cyclic esters (lactones) is 1. The van der Waals surface area contributed by atoms with Gasteiger partial charge in [-0.1, -0.05) is 5.16 Å². The average molecular weight is 390 g/mol. The van der Waals surface area contributed by atoms with Crippen molar-refractivity contribution >= 4 is 23.6 Å². The number of amidine groups is 1. The van der Waals surface area contributed by atoms with Gasteiger partial charge in [-0.25, -0.2) is 4.79 Å². The van der Waals surface area contributed by atoms with Crippen LogP contribution in [0.1, 0.15) is 25.3 Å². The number of carbonyl (C=O) groups is 2. The van der Waals surface area contributed by atoms with E-state index in [1.54, 1.807) is 29.2 Å². The monoisotopic (exact) mass is 390 g/mol. The number of esters is 1. The van der Waals surface area contributed by atoms with Crippen molar-refractivity contribution in [3.63, 3.8) is 0 Å². The number of anilines is 1. The van der Waals surface area contributed by atoms with Crippen LogP contribution in [0.3, 0.4) is 0 Å². The summed E-state index contributed by atoms with van der Waals surface area (Å²) in [5.74, 6) is -0.136. The lowest BCUT2D eigenvalue weighted by Crippen LogP contribution is -2.41. The number of benzene rings is 1. The van der Waals surface area contributed by atoms with Gasteiger partial charge in [-0.15, -0.1) is 0 Å². The molecule has 2 fully saturated rings. The number of hydrogen-bond donors (Lipinski definition) is 2. The number of nitrogens with zero attached hydrogens (tertiary/aromatic N) is 3. The van der Waals surface area contributed by atoms with Gasteiger partial charge in [0.05, 0.1) is 19.1 Å². The second-order valence-electron chi connectivity index (χ2n) is 6.98. The Hall–Kier alpha value is -2.81. The molecule has 152 valence electrons. The summed E-state index contributed by atoms with van der Waals surface area (Å²) in [6.07, 6.45) is 0.912. The van der Waals surface area contributed by atoms with Gasteiger partial charge in [-0.3, -0.25) is 14.6 Å². The predicted molar refractivity (Wildman–Crippen MR) is 102 cm³/mol. The van der Waals surface area contributed by atoms with Gasteiger partial charge in [0.25, 0.3) is 0 Å². The molecule has 3 rings (SSSR count). The Labute approximate surface area is 163 Å². The second kappa shape index (κ2) is 8.92. The van der Waals surface area contributed by atoms with Crippen molar-refractivity contribution in [3.05, 3.63) is 29.8 Å². The second-order valence-corrected chi connectivity index (χ2v) is 6.98. The highest BCUT2D eigenvalue weighted by Gasteiger charge is 2.35. The third-order valence-corrected chi connectivity index (χ3v) is 5.13. The molecule has 0 radical (unpaired) electrons. The van der Waals surface area contributed by atoms with Crippen LogP contribution < -0.4 is 10.6 Å². The third kappa shape index (κ3) is 4.53. The molecule has 2 saturated heterocycles. The molecule has 1 aromatic carbocycles. The van der Waals surface area contributed by atoms with Crippen LogP contribution >= 0.6 is 0 Å². The number of likely N-dealkylation sites (tertiary alicyclic amines) is 1. The molecular formula is C19H26N4O5. The number of amides is 1. The molecule has 0 bridgehead atoms. The minimum Gasteiger partial charge on any atom is -0.466 e. The van der Waals surface area contributed by atoms with E-state index in [0.29, 0.717) is 30.9 Å². The Kier molecular flexibility index (Phi) is 6.35. The highest BCUT2D eigenvalue weighted by molar-refractivity contribution is 5.98. The summed E-state index contributed by atoms with van der Waals surface area (Å²) in [6.45, 7) is 4.89. The Morgan fingerprint density at radius 2 is 2.00 bits per heavy atom. The fraction of sp³-hybridized carbons (Fsp3) is 0.526. The van der Waals surface area contributed by atoms with Gasteiger partial charge >= 0.3 is 12.1 Å². The predicted octanol–water partition coefficient (Wildman–Crippen LogP) is 1.38. The van der Waals surface area contributed by atoms with Crippen LogP contribution in [0.2, 0.25) is 0 Å².